The van der Waals surface area contributed by atoms with Crippen molar-refractivity contribution >= 4 is 11.9 Å². The van der Waals surface area contributed by atoms with Crippen LogP contribution in [-0.4, -0.2) is 76.6 Å². The van der Waals surface area contributed by atoms with Gasteiger partial charge in [-0.25, -0.2) is 4.79 Å². The summed E-state index contributed by atoms with van der Waals surface area (Å²) < 4.78 is 5.32. The molecule has 0 unspecified atom stereocenters. The monoisotopic (exact) mass is 436 g/mol. The highest BCUT2D eigenvalue weighted by Crippen LogP contribution is 2.38. The quantitative estimate of drug-likeness (QED) is 0.596. The Hall–Kier alpha value is -2.77. The van der Waals surface area contributed by atoms with Gasteiger partial charge in [0.25, 0.3) is 5.91 Å². The SMILES string of the molecule is COC[C@H](C)N1CCC2(CC1)C(=O)N(Cc1ccccn1)C(=O)N2CCc1ccccc1. The molecule has 170 valence electrons. The molecule has 1 aromatic heterocycles. The summed E-state index contributed by atoms with van der Waals surface area (Å²) in [5.41, 5.74) is 1.11. The number of likely N-dealkylation sites (tertiary alicyclic amines) is 1. The van der Waals surface area contributed by atoms with Gasteiger partial charge in [0, 0.05) is 39.0 Å². The number of hydrogen-bond donors (Lipinski definition) is 0. The first kappa shape index (κ1) is 22.4. The zero-order chi connectivity index (χ0) is 22.6. The Balaban J connectivity index is 1.56. The highest BCUT2D eigenvalue weighted by molar-refractivity contribution is 6.07. The van der Waals surface area contributed by atoms with E-state index in [1.165, 1.54) is 4.90 Å². The van der Waals surface area contributed by atoms with Crippen molar-refractivity contribution in [2.75, 3.05) is 33.4 Å². The molecule has 2 fully saturated rings. The fourth-order valence-electron chi connectivity index (χ4n) is 4.94. The molecule has 32 heavy (non-hydrogen) atoms. The van der Waals surface area contributed by atoms with Crippen LogP contribution < -0.4 is 0 Å². The minimum Gasteiger partial charge on any atom is -0.383 e. The molecule has 4 rings (SSSR count). The maximum atomic E-state index is 13.7. The lowest BCUT2D eigenvalue weighted by atomic mass is 9.85. The van der Waals surface area contributed by atoms with Gasteiger partial charge in [0.2, 0.25) is 0 Å². The van der Waals surface area contributed by atoms with E-state index in [1.54, 1.807) is 13.3 Å². The minimum atomic E-state index is -0.774. The standard InChI is InChI=1S/C25H32N4O3/c1-20(19-32-2)27-16-12-25(13-17-27)23(30)28(18-22-10-6-7-14-26-22)24(31)29(25)15-11-21-8-4-3-5-9-21/h3-10,14,20H,11-13,15-19H2,1-2H3/t20-/m0/s1. The molecule has 2 saturated heterocycles. The number of rotatable bonds is 8. The van der Waals surface area contributed by atoms with Gasteiger partial charge in [-0.15, -0.1) is 0 Å². The Kier molecular flexibility index (Phi) is 6.86. The number of aromatic nitrogens is 1. The van der Waals surface area contributed by atoms with Crippen LogP contribution in [0.1, 0.15) is 31.0 Å². The molecule has 7 nitrogen and oxygen atoms in total. The van der Waals surface area contributed by atoms with Crippen LogP contribution in [0.15, 0.2) is 54.7 Å². The molecule has 1 spiro atoms. The van der Waals surface area contributed by atoms with Crippen molar-refractivity contribution in [2.24, 2.45) is 0 Å². The number of piperidine rings is 1. The summed E-state index contributed by atoms with van der Waals surface area (Å²) in [6.07, 6.45) is 3.69. The van der Waals surface area contributed by atoms with Crippen LogP contribution in [-0.2, 0) is 22.5 Å². The van der Waals surface area contributed by atoms with Gasteiger partial charge in [0.05, 0.1) is 18.8 Å². The average molecular weight is 437 g/mol. The summed E-state index contributed by atoms with van der Waals surface area (Å²) in [5, 5.41) is 0. The fourth-order valence-corrected chi connectivity index (χ4v) is 4.94. The fraction of sp³-hybridized carbons (Fsp3) is 0.480. The Labute approximate surface area is 190 Å². The zero-order valence-electron chi connectivity index (χ0n) is 18.9. The molecule has 0 radical (unpaired) electrons. The number of methoxy groups -OCH3 is 1. The number of urea groups is 1. The molecule has 0 N–H and O–H groups in total. The zero-order valence-corrected chi connectivity index (χ0v) is 18.9. The molecule has 3 heterocycles. The third-order valence-electron chi connectivity index (χ3n) is 6.79. The summed E-state index contributed by atoms with van der Waals surface area (Å²) in [6, 6.07) is 15.8. The van der Waals surface area contributed by atoms with Crippen molar-refractivity contribution in [1.82, 2.24) is 19.7 Å². The van der Waals surface area contributed by atoms with E-state index in [9.17, 15) is 9.59 Å². The predicted octanol–water partition coefficient (Wildman–Crippen LogP) is 2.96. The lowest BCUT2D eigenvalue weighted by Gasteiger charge is -2.44. The summed E-state index contributed by atoms with van der Waals surface area (Å²) >= 11 is 0. The van der Waals surface area contributed by atoms with Gasteiger partial charge in [-0.2, -0.15) is 0 Å². The van der Waals surface area contributed by atoms with Crippen LogP contribution in [0.3, 0.4) is 0 Å². The van der Waals surface area contributed by atoms with Crippen LogP contribution >= 0.6 is 0 Å². The van der Waals surface area contributed by atoms with E-state index in [4.69, 9.17) is 4.74 Å². The third-order valence-corrected chi connectivity index (χ3v) is 6.79. The van der Waals surface area contributed by atoms with Gasteiger partial charge in [-0.05, 0) is 43.9 Å². The first-order valence-corrected chi connectivity index (χ1v) is 11.4. The molecule has 7 heteroatoms. The lowest BCUT2D eigenvalue weighted by molar-refractivity contribution is -0.136. The van der Waals surface area contributed by atoms with Gasteiger partial charge < -0.3 is 9.64 Å². The maximum Gasteiger partial charge on any atom is 0.328 e. The van der Waals surface area contributed by atoms with Crippen LogP contribution in [0, 0.1) is 0 Å². The number of carbonyl (C=O) groups excluding carboxylic acids is 2. The summed E-state index contributed by atoms with van der Waals surface area (Å²) in [6.45, 7) is 5.07. The molecular formula is C25H32N4O3. The molecule has 1 aromatic carbocycles. The van der Waals surface area contributed by atoms with Crippen molar-refractivity contribution in [2.45, 2.75) is 44.3 Å². The highest BCUT2D eigenvalue weighted by atomic mass is 16.5. The van der Waals surface area contributed by atoms with Crippen molar-refractivity contribution in [3.8, 4) is 0 Å². The van der Waals surface area contributed by atoms with Gasteiger partial charge in [-0.3, -0.25) is 19.6 Å². The van der Waals surface area contributed by atoms with E-state index >= 15 is 0 Å². The number of hydrogen-bond acceptors (Lipinski definition) is 5. The molecule has 0 aliphatic carbocycles. The van der Waals surface area contributed by atoms with Crippen molar-refractivity contribution < 1.29 is 14.3 Å². The Morgan fingerprint density at radius 2 is 1.78 bits per heavy atom. The number of ether oxygens (including phenoxy) is 1. The first-order valence-electron chi connectivity index (χ1n) is 11.4. The van der Waals surface area contributed by atoms with E-state index in [-0.39, 0.29) is 24.5 Å². The van der Waals surface area contributed by atoms with Crippen LogP contribution in [0.25, 0.3) is 0 Å². The third kappa shape index (κ3) is 4.40. The Bertz CT molecular complexity index is 913. The lowest BCUT2D eigenvalue weighted by Crippen LogP contribution is -2.58. The van der Waals surface area contributed by atoms with Gasteiger partial charge in [-0.1, -0.05) is 36.4 Å². The van der Waals surface area contributed by atoms with Crippen molar-refractivity contribution in [3.05, 3.63) is 66.0 Å². The second-order valence-electron chi connectivity index (χ2n) is 8.75. The second-order valence-corrected chi connectivity index (χ2v) is 8.75. The average Bonchev–Trinajstić information content (AvgIpc) is 3.01. The molecule has 3 amide bonds. The number of pyridine rings is 1. The van der Waals surface area contributed by atoms with Gasteiger partial charge >= 0.3 is 6.03 Å². The number of imide groups is 1. The van der Waals surface area contributed by atoms with E-state index in [2.05, 4.69) is 28.9 Å². The summed E-state index contributed by atoms with van der Waals surface area (Å²) in [5.74, 6) is -0.0831. The predicted molar refractivity (Wildman–Crippen MR) is 122 cm³/mol. The first-order chi connectivity index (χ1) is 15.5. The van der Waals surface area contributed by atoms with E-state index in [0.717, 1.165) is 30.8 Å². The Morgan fingerprint density at radius 1 is 1.06 bits per heavy atom. The number of nitrogens with zero attached hydrogens (tertiary/aromatic N) is 4. The number of benzene rings is 1. The number of carbonyl (C=O) groups is 2. The molecule has 0 saturated carbocycles. The number of amides is 3. The maximum absolute atomic E-state index is 13.7. The van der Waals surface area contributed by atoms with Crippen molar-refractivity contribution in [1.29, 1.82) is 0 Å². The van der Waals surface area contributed by atoms with Crippen molar-refractivity contribution in [3.63, 3.8) is 0 Å². The topological polar surface area (TPSA) is 66.0 Å². The normalized spacial score (nSPS) is 19.7. The van der Waals surface area contributed by atoms with E-state index in [0.29, 0.717) is 26.0 Å². The minimum absolute atomic E-state index is 0.0831. The molecule has 2 aromatic rings. The molecule has 2 aliphatic rings. The highest BCUT2D eigenvalue weighted by Gasteiger charge is 2.57. The summed E-state index contributed by atoms with van der Waals surface area (Å²) in [4.78, 5) is 37.1. The summed E-state index contributed by atoms with van der Waals surface area (Å²) in [7, 11) is 1.71. The van der Waals surface area contributed by atoms with Crippen LogP contribution in [0.2, 0.25) is 0 Å². The van der Waals surface area contributed by atoms with E-state index < -0.39 is 5.54 Å². The van der Waals surface area contributed by atoms with Gasteiger partial charge in [0.15, 0.2) is 0 Å². The molecule has 1 atom stereocenters. The second kappa shape index (κ2) is 9.79. The Morgan fingerprint density at radius 3 is 2.44 bits per heavy atom. The van der Waals surface area contributed by atoms with Crippen LogP contribution in [0.5, 0.6) is 0 Å². The largest absolute Gasteiger partial charge is 0.383 e. The smallest absolute Gasteiger partial charge is 0.328 e. The van der Waals surface area contributed by atoms with Crippen LogP contribution in [0.4, 0.5) is 4.79 Å². The van der Waals surface area contributed by atoms with E-state index in [1.807, 2.05) is 41.3 Å². The van der Waals surface area contributed by atoms with Gasteiger partial charge in [0.1, 0.15) is 5.54 Å². The molecular weight excluding hydrogens is 404 g/mol. The molecule has 0 bridgehead atoms. The molecule has 2 aliphatic heterocycles.